The van der Waals surface area contributed by atoms with Crippen LogP contribution in [0.3, 0.4) is 0 Å². The summed E-state index contributed by atoms with van der Waals surface area (Å²) in [7, 11) is 0. The molecular weight excluding hydrogens is 617 g/mol. The first-order chi connectivity index (χ1) is 22.5. The van der Waals surface area contributed by atoms with Crippen LogP contribution in [0.5, 0.6) is 0 Å². The summed E-state index contributed by atoms with van der Waals surface area (Å²) in [5.74, 6) is 0. The molecule has 0 aromatic heterocycles. The molecule has 6 nitrogen and oxygen atoms in total. The maximum atomic E-state index is 6.80. The van der Waals surface area contributed by atoms with Crippen molar-refractivity contribution in [3.8, 4) is 0 Å². The van der Waals surface area contributed by atoms with Gasteiger partial charge in [-0.15, -0.1) is 0 Å². The molecule has 0 spiro atoms. The van der Waals surface area contributed by atoms with Gasteiger partial charge in [0.05, 0.1) is 39.1 Å². The lowest BCUT2D eigenvalue weighted by molar-refractivity contribution is -0.254. The number of benzene rings is 4. The summed E-state index contributed by atoms with van der Waals surface area (Å²) < 4.78 is 39.5. The molecule has 4 aromatic rings. The fourth-order valence-electron chi connectivity index (χ4n) is 5.16. The van der Waals surface area contributed by atoms with Gasteiger partial charge < -0.3 is 28.4 Å². The van der Waals surface area contributed by atoms with E-state index in [-0.39, 0.29) is 6.10 Å². The molecule has 1 aliphatic heterocycles. The van der Waals surface area contributed by atoms with E-state index in [2.05, 4.69) is 12.1 Å². The van der Waals surface area contributed by atoms with Gasteiger partial charge in [-0.2, -0.15) is 0 Å². The van der Waals surface area contributed by atoms with Crippen LogP contribution in [0.15, 0.2) is 121 Å². The molecule has 1 heterocycles. The second-order valence-corrected chi connectivity index (χ2v) is 13.1. The molecule has 46 heavy (non-hydrogen) atoms. The minimum Gasteiger partial charge on any atom is -0.476 e. The van der Waals surface area contributed by atoms with Gasteiger partial charge in [-0.05, 0) is 60.1 Å². The van der Waals surface area contributed by atoms with Crippen LogP contribution in [-0.4, -0.2) is 46.9 Å². The highest BCUT2D eigenvalue weighted by Crippen LogP contribution is 2.36. The van der Waals surface area contributed by atoms with Gasteiger partial charge in [0, 0.05) is 0 Å². The average Bonchev–Trinajstić information content (AvgIpc) is 3.08. The summed E-state index contributed by atoms with van der Waals surface area (Å²) in [5.41, 5.74) is 3.70. The summed E-state index contributed by atoms with van der Waals surface area (Å²) in [4.78, 5) is 0. The number of ether oxygens (including phenoxy) is 6. The minimum absolute atomic E-state index is 0.0654. The summed E-state index contributed by atoms with van der Waals surface area (Å²) in [6, 6.07) is 40.4. The van der Waals surface area contributed by atoms with Crippen LogP contribution in [-0.2, 0) is 54.8 Å². The summed E-state index contributed by atoms with van der Waals surface area (Å²) in [5, 5.41) is 0. The lowest BCUT2D eigenvalue weighted by Crippen LogP contribution is -2.60. The van der Waals surface area contributed by atoms with Crippen LogP contribution >= 0.6 is 24.0 Å². The van der Waals surface area contributed by atoms with E-state index in [1.54, 1.807) is 0 Å². The summed E-state index contributed by atoms with van der Waals surface area (Å²) >= 11 is 7.00. The maximum absolute atomic E-state index is 6.80. The first-order valence-electron chi connectivity index (χ1n) is 15.7. The molecule has 1 saturated heterocycles. The number of thiocarbonyl (C=S) groups is 1. The number of hydrogen-bond donors (Lipinski definition) is 0. The summed E-state index contributed by atoms with van der Waals surface area (Å²) in [6.07, 6.45) is -2.08. The van der Waals surface area contributed by atoms with Crippen LogP contribution < -0.4 is 0 Å². The molecule has 0 aliphatic carbocycles. The van der Waals surface area contributed by atoms with Crippen LogP contribution in [0.25, 0.3) is 0 Å². The fourth-order valence-corrected chi connectivity index (χ4v) is 6.64. The van der Waals surface area contributed by atoms with Crippen LogP contribution in [0.1, 0.15) is 36.1 Å². The van der Waals surface area contributed by atoms with E-state index in [4.69, 9.17) is 40.6 Å². The Hall–Kier alpha value is -3.08. The Morgan fingerprint density at radius 2 is 1.02 bits per heavy atom. The Morgan fingerprint density at radius 1 is 0.609 bits per heavy atom. The first-order valence-corrected chi connectivity index (χ1v) is 16.9. The summed E-state index contributed by atoms with van der Waals surface area (Å²) in [6.45, 7) is 5.78. The molecule has 0 saturated carbocycles. The number of thioether (sulfide) groups is 1. The van der Waals surface area contributed by atoms with Gasteiger partial charge in [0.1, 0.15) is 29.9 Å². The third-order valence-corrected chi connectivity index (χ3v) is 8.67. The van der Waals surface area contributed by atoms with Crippen LogP contribution in [0.4, 0.5) is 0 Å². The van der Waals surface area contributed by atoms with Gasteiger partial charge in [0.2, 0.25) is 4.38 Å². The highest BCUT2D eigenvalue weighted by Gasteiger charge is 2.49. The zero-order valence-electron chi connectivity index (χ0n) is 26.3. The fraction of sp³-hybridized carbons (Fsp3) is 0.342. The zero-order valence-corrected chi connectivity index (χ0v) is 27.9. The molecule has 5 rings (SSSR count). The molecular formula is C38H42O6S2. The van der Waals surface area contributed by atoms with Crippen molar-refractivity contribution in [3.05, 3.63) is 144 Å². The third-order valence-electron chi connectivity index (χ3n) is 7.38. The first kappa shape index (κ1) is 34.3. The predicted octanol–water partition coefficient (Wildman–Crippen LogP) is 8.13. The Bertz CT molecular complexity index is 1430. The molecule has 1 aliphatic rings. The monoisotopic (exact) mass is 658 g/mol. The van der Waals surface area contributed by atoms with Crippen molar-refractivity contribution >= 4 is 28.4 Å². The van der Waals surface area contributed by atoms with Crippen molar-refractivity contribution in [2.45, 2.75) is 76.2 Å². The molecule has 0 bridgehead atoms. The highest BCUT2D eigenvalue weighted by atomic mass is 32.2. The standard InChI is InChI=1S/C38H42O6S2/c1-28(2)43-38(45)46-37-36(42-26-32-21-13-6-14-22-32)35(41-25-31-19-11-5-12-20-31)34(40-24-30-17-9-4-10-18-30)33(44-37)27-39-23-29-15-7-3-8-16-29/h3-22,28,33-37H,23-27H2,1-2H3/t33-,34-,35+,36-,37+/m1/s1. The third kappa shape index (κ3) is 10.7. The van der Waals surface area contributed by atoms with Crippen LogP contribution in [0.2, 0.25) is 0 Å². The van der Waals surface area contributed by atoms with E-state index in [9.17, 15) is 0 Å². The lowest BCUT2D eigenvalue weighted by Gasteiger charge is -2.46. The molecule has 242 valence electrons. The predicted molar refractivity (Wildman–Crippen MR) is 186 cm³/mol. The Kier molecular flexibility index (Phi) is 13.6. The van der Waals surface area contributed by atoms with Crippen LogP contribution in [0, 0.1) is 0 Å². The average molecular weight is 659 g/mol. The molecule has 1 fully saturated rings. The largest absolute Gasteiger partial charge is 0.476 e. The van der Waals surface area contributed by atoms with Gasteiger partial charge in [-0.25, -0.2) is 0 Å². The zero-order chi connectivity index (χ0) is 32.0. The van der Waals surface area contributed by atoms with Crippen molar-refractivity contribution in [2.75, 3.05) is 6.61 Å². The molecule has 0 radical (unpaired) electrons. The molecule has 4 aromatic carbocycles. The maximum Gasteiger partial charge on any atom is 0.222 e. The van der Waals surface area contributed by atoms with Crippen molar-refractivity contribution in [3.63, 3.8) is 0 Å². The SMILES string of the molecule is CC(C)OC(=S)S[C@@H]1O[C@H](COCc2ccccc2)[C@@H](OCc2ccccc2)[C@H](OCc2ccccc2)[C@H]1OCc1ccccc1. The quantitative estimate of drug-likeness (QED) is 0.119. The van der Waals surface area contributed by atoms with Crippen molar-refractivity contribution in [1.82, 2.24) is 0 Å². The minimum atomic E-state index is -0.534. The van der Waals surface area contributed by atoms with E-state index in [1.165, 1.54) is 11.8 Å². The highest BCUT2D eigenvalue weighted by molar-refractivity contribution is 8.22. The van der Waals surface area contributed by atoms with E-state index < -0.39 is 29.9 Å². The second kappa shape index (κ2) is 18.3. The van der Waals surface area contributed by atoms with E-state index >= 15 is 0 Å². The van der Waals surface area contributed by atoms with Gasteiger partial charge in [-0.3, -0.25) is 0 Å². The van der Waals surface area contributed by atoms with Gasteiger partial charge in [0.15, 0.2) is 0 Å². The Morgan fingerprint density at radius 3 is 1.48 bits per heavy atom. The molecule has 0 unspecified atom stereocenters. The smallest absolute Gasteiger partial charge is 0.222 e. The van der Waals surface area contributed by atoms with Crippen molar-refractivity contribution in [1.29, 1.82) is 0 Å². The molecule has 8 heteroatoms. The lowest BCUT2D eigenvalue weighted by atomic mass is 9.98. The van der Waals surface area contributed by atoms with Gasteiger partial charge >= 0.3 is 0 Å². The Balaban J connectivity index is 1.45. The van der Waals surface area contributed by atoms with E-state index in [0.717, 1.165) is 22.3 Å². The normalized spacial score (nSPS) is 21.2. The Labute approximate surface area is 282 Å². The molecule has 5 atom stereocenters. The number of rotatable bonds is 15. The van der Waals surface area contributed by atoms with Crippen molar-refractivity contribution < 1.29 is 28.4 Å². The number of hydrogen-bond acceptors (Lipinski definition) is 8. The van der Waals surface area contributed by atoms with E-state index in [1.807, 2.05) is 123 Å². The second-order valence-electron chi connectivity index (χ2n) is 11.4. The molecule has 0 amide bonds. The molecule has 0 N–H and O–H groups in total. The van der Waals surface area contributed by atoms with Gasteiger partial charge in [0.25, 0.3) is 0 Å². The van der Waals surface area contributed by atoms with E-state index in [0.29, 0.717) is 37.4 Å². The topological polar surface area (TPSA) is 55.4 Å². The van der Waals surface area contributed by atoms with Gasteiger partial charge in [-0.1, -0.05) is 121 Å². The van der Waals surface area contributed by atoms with Crippen molar-refractivity contribution in [2.24, 2.45) is 0 Å².